The van der Waals surface area contributed by atoms with E-state index in [1.54, 1.807) is 12.3 Å². The first-order valence-electron chi connectivity index (χ1n) is 4.26. The third-order valence-electron chi connectivity index (χ3n) is 1.68. The summed E-state index contributed by atoms with van der Waals surface area (Å²) in [5.74, 6) is 0.375. The Kier molecular flexibility index (Phi) is 4.64. The fourth-order valence-electron chi connectivity index (χ4n) is 1.02. The minimum atomic E-state index is -2.35. The molecule has 0 radical (unpaired) electrons. The van der Waals surface area contributed by atoms with Crippen molar-refractivity contribution >= 4 is 13.8 Å². The predicted octanol–water partition coefficient (Wildman–Crippen LogP) is -0.465. The van der Waals surface area contributed by atoms with Crippen molar-refractivity contribution in [1.82, 2.24) is 9.78 Å². The molecule has 1 heterocycles. The van der Waals surface area contributed by atoms with Gasteiger partial charge in [0.2, 0.25) is 0 Å². The zero-order valence-electron chi connectivity index (χ0n) is 7.98. The van der Waals surface area contributed by atoms with Crippen molar-refractivity contribution in [3.8, 4) is 0 Å². The average molecular weight is 234 g/mol. The minimum Gasteiger partial charge on any atom is -0.394 e. The van der Waals surface area contributed by atoms with Crippen LogP contribution < -0.4 is 5.73 Å². The molecule has 0 amide bonds. The molecule has 1 aromatic heterocycles. The van der Waals surface area contributed by atoms with E-state index in [2.05, 4.69) is 5.10 Å². The van der Waals surface area contributed by atoms with E-state index >= 15 is 0 Å². The van der Waals surface area contributed by atoms with Crippen LogP contribution in [-0.4, -0.2) is 38.8 Å². The van der Waals surface area contributed by atoms with Gasteiger partial charge in [0.25, 0.3) is 6.35 Å². The number of aliphatic hydroxyl groups excluding tert-OH is 1. The Balaban J connectivity index is 2.42. The van der Waals surface area contributed by atoms with E-state index in [0.717, 1.165) is 0 Å². The Morgan fingerprint density at radius 1 is 1.73 bits per heavy atom. The van der Waals surface area contributed by atoms with Crippen molar-refractivity contribution in [2.75, 3.05) is 18.7 Å². The van der Waals surface area contributed by atoms with E-state index in [9.17, 15) is 4.57 Å². The van der Waals surface area contributed by atoms with Gasteiger partial charge in [0.05, 0.1) is 13.2 Å². The highest BCUT2D eigenvalue weighted by Gasteiger charge is 2.16. The molecule has 8 heteroatoms. The normalized spacial score (nSPS) is 13.9. The molecule has 15 heavy (non-hydrogen) atoms. The smallest absolute Gasteiger partial charge is 0.394 e. The van der Waals surface area contributed by atoms with E-state index in [1.807, 2.05) is 0 Å². The first-order valence-corrected chi connectivity index (χ1v) is 5.66. The highest BCUT2D eigenvalue weighted by molar-refractivity contribution is 7.37. The summed E-state index contributed by atoms with van der Waals surface area (Å²) in [5.41, 5.74) is 5.40. The van der Waals surface area contributed by atoms with Crippen molar-refractivity contribution in [1.29, 1.82) is 0 Å². The van der Waals surface area contributed by atoms with Crippen LogP contribution in [0.15, 0.2) is 12.3 Å². The van der Waals surface area contributed by atoms with Crippen molar-refractivity contribution in [3.05, 3.63) is 12.3 Å². The van der Waals surface area contributed by atoms with Crippen LogP contribution in [0.2, 0.25) is 0 Å². The highest BCUT2D eigenvalue weighted by atomic mass is 31.1. The van der Waals surface area contributed by atoms with Crippen molar-refractivity contribution in [2.24, 2.45) is 0 Å². The standard InChI is InChI=1S/C7H12N3O4P/c8-7-1-2-10(9-7)3-6(4-11)14-5-15(12)13/h1-2,6,11H,3-5H2,(H2-,8,9,12,13)/p+1. The average Bonchev–Trinajstić information content (AvgIpc) is 2.58. The molecule has 0 spiro atoms. The fourth-order valence-corrected chi connectivity index (χ4v) is 1.36. The summed E-state index contributed by atoms with van der Waals surface area (Å²) in [4.78, 5) is 8.53. The molecule has 0 saturated heterocycles. The van der Waals surface area contributed by atoms with Crippen molar-refractivity contribution < 1.29 is 19.3 Å². The van der Waals surface area contributed by atoms with Gasteiger partial charge in [-0.05, 0) is 10.6 Å². The van der Waals surface area contributed by atoms with Gasteiger partial charge in [0.1, 0.15) is 11.9 Å². The third kappa shape index (κ3) is 4.35. The number of ether oxygens (including phenoxy) is 1. The van der Waals surface area contributed by atoms with Crippen LogP contribution in [0.3, 0.4) is 0 Å². The second-order valence-electron chi connectivity index (χ2n) is 2.92. The molecule has 4 N–H and O–H groups in total. The quantitative estimate of drug-likeness (QED) is 0.574. The summed E-state index contributed by atoms with van der Waals surface area (Å²) in [5, 5.41) is 12.8. The summed E-state index contributed by atoms with van der Waals surface area (Å²) in [6, 6.07) is 1.61. The lowest BCUT2D eigenvalue weighted by atomic mass is 10.4. The van der Waals surface area contributed by atoms with Gasteiger partial charge in [-0.25, -0.2) is 0 Å². The van der Waals surface area contributed by atoms with Crippen molar-refractivity contribution in [3.63, 3.8) is 0 Å². The molecule has 0 fully saturated rings. The topological polar surface area (TPSA) is 111 Å². The number of anilines is 1. The molecule has 1 aromatic rings. The highest BCUT2D eigenvalue weighted by Crippen LogP contribution is 2.14. The van der Waals surface area contributed by atoms with E-state index in [-0.39, 0.29) is 19.5 Å². The Labute approximate surface area is 87.3 Å². The zero-order chi connectivity index (χ0) is 11.3. The number of nitrogens with zero attached hydrogens (tertiary/aromatic N) is 2. The lowest BCUT2D eigenvalue weighted by molar-refractivity contribution is 0.0223. The lowest BCUT2D eigenvalue weighted by Crippen LogP contribution is -2.24. The number of hydrogen-bond acceptors (Lipinski definition) is 5. The van der Waals surface area contributed by atoms with Gasteiger partial charge in [0.15, 0.2) is 0 Å². The number of rotatable bonds is 6. The Hall–Kier alpha value is -1.01. The van der Waals surface area contributed by atoms with Gasteiger partial charge in [-0.15, -0.1) is 0 Å². The molecule has 7 nitrogen and oxygen atoms in total. The maximum absolute atomic E-state index is 10.4. The van der Waals surface area contributed by atoms with Crippen LogP contribution in [0.4, 0.5) is 5.82 Å². The molecule has 2 unspecified atom stereocenters. The maximum atomic E-state index is 10.4. The first-order chi connectivity index (χ1) is 7.11. The monoisotopic (exact) mass is 234 g/mol. The summed E-state index contributed by atoms with van der Waals surface area (Å²) in [6.45, 7) is 0.0415. The number of aliphatic hydroxyl groups is 1. The summed E-state index contributed by atoms with van der Waals surface area (Å²) in [6.07, 6.45) is 0.785. The van der Waals surface area contributed by atoms with Gasteiger partial charge in [-0.2, -0.15) is 9.99 Å². The summed E-state index contributed by atoms with van der Waals surface area (Å²) >= 11 is 0. The fraction of sp³-hybridized carbons (Fsp3) is 0.571. The van der Waals surface area contributed by atoms with Crippen LogP contribution >= 0.6 is 8.03 Å². The van der Waals surface area contributed by atoms with Gasteiger partial charge in [-0.3, -0.25) is 4.68 Å². The van der Waals surface area contributed by atoms with E-state index < -0.39 is 14.1 Å². The Morgan fingerprint density at radius 3 is 2.93 bits per heavy atom. The number of nitrogen functional groups attached to an aromatic ring is 1. The van der Waals surface area contributed by atoms with Crippen LogP contribution in [0.5, 0.6) is 0 Å². The molecule has 2 atom stereocenters. The van der Waals surface area contributed by atoms with E-state index in [4.69, 9.17) is 20.5 Å². The predicted molar refractivity (Wildman–Crippen MR) is 53.3 cm³/mol. The largest absolute Gasteiger partial charge is 0.534 e. The van der Waals surface area contributed by atoms with Crippen molar-refractivity contribution in [2.45, 2.75) is 12.6 Å². The van der Waals surface area contributed by atoms with Gasteiger partial charge in [0, 0.05) is 6.20 Å². The molecule has 0 aliphatic heterocycles. The molecular weight excluding hydrogens is 221 g/mol. The van der Waals surface area contributed by atoms with E-state index in [1.165, 1.54) is 4.68 Å². The molecule has 0 saturated carbocycles. The van der Waals surface area contributed by atoms with E-state index in [0.29, 0.717) is 5.82 Å². The van der Waals surface area contributed by atoms with Crippen LogP contribution in [0.25, 0.3) is 0 Å². The molecule has 1 rings (SSSR count). The first kappa shape index (κ1) is 12.1. The second kappa shape index (κ2) is 5.77. The Bertz CT molecular complexity index is 330. The summed E-state index contributed by atoms with van der Waals surface area (Å²) < 4.78 is 16.9. The minimum absolute atomic E-state index is 0.247. The maximum Gasteiger partial charge on any atom is 0.534 e. The van der Waals surface area contributed by atoms with Crippen LogP contribution in [0, 0.1) is 0 Å². The molecule has 0 aromatic carbocycles. The molecular formula is C7H13N3O4P+. The number of nitrogens with two attached hydrogens (primary N) is 1. The van der Waals surface area contributed by atoms with Gasteiger partial charge >= 0.3 is 8.03 Å². The molecule has 84 valence electrons. The van der Waals surface area contributed by atoms with Crippen LogP contribution in [-0.2, 0) is 15.8 Å². The molecule has 0 aliphatic rings. The third-order valence-corrected chi connectivity index (χ3v) is 2.05. The van der Waals surface area contributed by atoms with Gasteiger partial charge < -0.3 is 15.6 Å². The number of aromatic nitrogens is 2. The Morgan fingerprint density at radius 2 is 2.47 bits per heavy atom. The molecule has 0 bridgehead atoms. The SMILES string of the molecule is Nc1ccn(CC(CO)OC[P+](=O)O)n1. The van der Waals surface area contributed by atoms with Crippen LogP contribution in [0.1, 0.15) is 0 Å². The lowest BCUT2D eigenvalue weighted by Gasteiger charge is -2.11. The second-order valence-corrected chi connectivity index (χ2v) is 3.88. The number of hydrogen-bond donors (Lipinski definition) is 3. The zero-order valence-corrected chi connectivity index (χ0v) is 8.88. The van der Waals surface area contributed by atoms with Gasteiger partial charge in [-0.1, -0.05) is 0 Å². The summed E-state index contributed by atoms with van der Waals surface area (Å²) in [7, 11) is -2.35. The molecule has 0 aliphatic carbocycles.